The van der Waals surface area contributed by atoms with Gasteiger partial charge in [-0.3, -0.25) is 14.7 Å². The molecule has 0 spiro atoms. The van der Waals surface area contributed by atoms with Crippen LogP contribution >= 0.6 is 7.82 Å². The molecule has 0 aliphatic heterocycles. The second-order valence-corrected chi connectivity index (χ2v) is 3.73. The summed E-state index contributed by atoms with van der Waals surface area (Å²) >= 11 is 0. The van der Waals surface area contributed by atoms with Gasteiger partial charge in [-0.15, -0.1) is 0 Å². The first-order valence-corrected chi connectivity index (χ1v) is 5.89. The molecule has 0 aromatic rings. The van der Waals surface area contributed by atoms with E-state index < -0.39 is 26.4 Å². The lowest BCUT2D eigenvalue weighted by atomic mass is 10.3. The average molecular weight is 290 g/mol. The van der Waals surface area contributed by atoms with Crippen molar-refractivity contribution >= 4 is 19.8 Å². The monoisotopic (exact) mass is 290 g/mol. The molecule has 1 atom stereocenters. The van der Waals surface area contributed by atoms with E-state index in [9.17, 15) is 9.36 Å². The molecule has 0 aromatic carbocycles. The molecule has 0 aromatic heterocycles. The molecule has 0 amide bonds. The van der Waals surface area contributed by atoms with E-state index in [0.29, 0.717) is 0 Å². The van der Waals surface area contributed by atoms with E-state index >= 15 is 0 Å². The minimum atomic E-state index is -4.17. The van der Waals surface area contributed by atoms with Crippen LogP contribution in [0, 0.1) is 5.41 Å². The Morgan fingerprint density at radius 2 is 1.78 bits per heavy atom. The maximum absolute atomic E-state index is 9.70. The summed E-state index contributed by atoms with van der Waals surface area (Å²) in [7, 11) is -4.17. The minimum Gasteiger partial charge on any atom is -0.480 e. The van der Waals surface area contributed by atoms with Gasteiger partial charge in [0.25, 0.3) is 0 Å². The Morgan fingerprint density at radius 1 is 1.44 bits per heavy atom. The smallest absolute Gasteiger partial charge is 0.469 e. The van der Waals surface area contributed by atoms with Gasteiger partial charge < -0.3 is 37.2 Å². The predicted molar refractivity (Wildman–Crippen MR) is 62.5 cm³/mol. The van der Waals surface area contributed by atoms with Gasteiger partial charge in [-0.2, -0.15) is 0 Å². The number of carbonyl (C=O) groups is 1. The Hall–Kier alpha value is -1.23. The van der Waals surface area contributed by atoms with Crippen molar-refractivity contribution in [2.24, 2.45) is 17.2 Å². The number of rotatable bonds is 4. The molecule has 0 saturated heterocycles. The van der Waals surface area contributed by atoms with E-state index in [2.05, 4.69) is 16.0 Å². The van der Waals surface area contributed by atoms with Crippen LogP contribution in [0.2, 0.25) is 0 Å². The van der Waals surface area contributed by atoms with Crippen molar-refractivity contribution in [3.8, 4) is 0 Å². The zero-order valence-corrected chi connectivity index (χ0v) is 10.6. The van der Waals surface area contributed by atoms with Crippen molar-refractivity contribution in [3.05, 3.63) is 0 Å². The van der Waals surface area contributed by atoms with Crippen LogP contribution in [0.4, 0.5) is 0 Å². The molecule has 12 heteroatoms. The number of hydrogen-bond acceptors (Lipinski definition) is 6. The summed E-state index contributed by atoms with van der Waals surface area (Å²) in [4.78, 5) is 25.5. The number of carboxylic acid groups (broad SMARTS) is 1. The molecule has 0 radical (unpaired) electrons. The van der Waals surface area contributed by atoms with E-state index in [1.54, 1.807) is 0 Å². The van der Waals surface area contributed by atoms with E-state index in [0.717, 1.165) is 0 Å². The van der Waals surface area contributed by atoms with Crippen LogP contribution in [0.15, 0.2) is 0 Å². The van der Waals surface area contributed by atoms with Crippen molar-refractivity contribution in [1.29, 1.82) is 5.41 Å². The number of carboxylic acids is 1. The van der Waals surface area contributed by atoms with Crippen LogP contribution < -0.4 is 17.2 Å². The van der Waals surface area contributed by atoms with Crippen molar-refractivity contribution in [2.45, 2.75) is 13.0 Å². The predicted octanol–water partition coefficient (Wildman–Crippen LogP) is -2.66. The maximum Gasteiger partial charge on any atom is 0.469 e. The summed E-state index contributed by atoms with van der Waals surface area (Å²) in [6, 6.07) is -1.13. The van der Waals surface area contributed by atoms with Crippen LogP contribution in [0.3, 0.4) is 0 Å². The number of aliphatic carboxylic acids is 1. The van der Waals surface area contributed by atoms with Gasteiger partial charge in [-0.05, 0) is 6.92 Å². The van der Waals surface area contributed by atoms with Crippen molar-refractivity contribution in [2.75, 3.05) is 13.2 Å². The number of aliphatic hydroxyl groups is 1. The summed E-state index contributed by atoms with van der Waals surface area (Å²) in [5.74, 6) is -1.51. The Bertz CT molecular complexity index is 277. The third kappa shape index (κ3) is 36.4. The van der Waals surface area contributed by atoms with Gasteiger partial charge in [0.15, 0.2) is 5.96 Å². The molecule has 0 saturated carbocycles. The molecule has 0 aliphatic rings. The number of phosphoric ester groups is 1. The SMILES string of the molecule is CCOP(=O)(O)O.N=C(N)N.NC(CO)C(=O)O. The van der Waals surface area contributed by atoms with Gasteiger partial charge in [0.05, 0.1) is 13.2 Å². The lowest BCUT2D eigenvalue weighted by molar-refractivity contribution is -0.139. The number of aliphatic hydroxyl groups excluding tert-OH is 1. The summed E-state index contributed by atoms with van der Waals surface area (Å²) in [6.45, 7) is 1.05. The van der Waals surface area contributed by atoms with Gasteiger partial charge in [-0.25, -0.2) is 4.57 Å². The van der Waals surface area contributed by atoms with Crippen molar-refractivity contribution in [3.63, 3.8) is 0 Å². The fraction of sp³-hybridized carbons (Fsp3) is 0.667. The third-order valence-corrected chi connectivity index (χ3v) is 1.41. The molecule has 0 fully saturated rings. The molecule has 18 heavy (non-hydrogen) atoms. The number of phosphoric acid groups is 1. The fourth-order valence-electron chi connectivity index (χ4n) is 0.246. The van der Waals surface area contributed by atoms with Gasteiger partial charge in [0, 0.05) is 0 Å². The molecule has 1 unspecified atom stereocenters. The number of hydrogen-bond donors (Lipinski definition) is 8. The zero-order chi connectivity index (χ0) is 15.4. The number of guanidine groups is 1. The molecule has 0 rings (SSSR count). The molecule has 0 bridgehead atoms. The average Bonchev–Trinajstić information content (AvgIpc) is 2.14. The minimum absolute atomic E-state index is 0.0459. The van der Waals surface area contributed by atoms with Gasteiger partial charge in [-0.1, -0.05) is 0 Å². The second kappa shape index (κ2) is 12.2. The van der Waals surface area contributed by atoms with Gasteiger partial charge in [0.1, 0.15) is 6.04 Å². The fourth-order valence-corrected chi connectivity index (χ4v) is 0.583. The molecular weight excluding hydrogens is 271 g/mol. The Labute approximate surface area is 103 Å². The highest BCUT2D eigenvalue weighted by molar-refractivity contribution is 7.46. The van der Waals surface area contributed by atoms with E-state index in [4.69, 9.17) is 31.1 Å². The number of nitrogens with two attached hydrogens (primary N) is 3. The quantitative estimate of drug-likeness (QED) is 0.152. The summed E-state index contributed by atoms with van der Waals surface area (Å²) in [5, 5.41) is 22.0. The van der Waals surface area contributed by atoms with Gasteiger partial charge in [0.2, 0.25) is 0 Å². The Balaban J connectivity index is -0.000000196. The molecule has 11 nitrogen and oxygen atoms in total. The largest absolute Gasteiger partial charge is 0.480 e. The molecular formula is C6H19N4O7P. The Kier molecular flexibility index (Phi) is 14.9. The standard InChI is InChI=1S/C3H7NO3.C2H7O4P.CH5N3/c4-2(1-5)3(6)7;1-2-6-7(3,4)5;2-1(3)4/h2,5H,1,4H2,(H,6,7);2H2,1H3,(H2,3,4,5);(H5,2,3,4). The summed E-state index contributed by atoms with van der Waals surface area (Å²) < 4.78 is 13.6. The van der Waals surface area contributed by atoms with Crippen molar-refractivity contribution < 1.29 is 33.9 Å². The van der Waals surface area contributed by atoms with Crippen LogP contribution in [0.5, 0.6) is 0 Å². The summed E-state index contributed by atoms with van der Waals surface area (Å²) in [5.41, 5.74) is 13.7. The highest BCUT2D eigenvalue weighted by atomic mass is 31.2. The first-order chi connectivity index (χ1) is 7.97. The first-order valence-electron chi connectivity index (χ1n) is 4.36. The molecule has 0 aliphatic carbocycles. The lowest BCUT2D eigenvalue weighted by Crippen LogP contribution is -2.33. The van der Waals surface area contributed by atoms with Crippen LogP contribution in [0.1, 0.15) is 6.92 Å². The van der Waals surface area contributed by atoms with Crippen molar-refractivity contribution in [1.82, 2.24) is 0 Å². The third-order valence-electron chi connectivity index (χ3n) is 0.811. The first kappa shape index (κ1) is 22.0. The van der Waals surface area contributed by atoms with E-state index in [-0.39, 0.29) is 12.6 Å². The number of nitrogens with one attached hydrogen (secondary N) is 1. The van der Waals surface area contributed by atoms with E-state index in [1.165, 1.54) is 6.92 Å². The summed E-state index contributed by atoms with van der Waals surface area (Å²) in [6.07, 6.45) is 0. The van der Waals surface area contributed by atoms with E-state index in [1.807, 2.05) is 0 Å². The van der Waals surface area contributed by atoms with Crippen LogP contribution in [0.25, 0.3) is 0 Å². The van der Waals surface area contributed by atoms with Crippen LogP contribution in [-0.2, 0) is 13.9 Å². The molecule has 110 valence electrons. The second-order valence-electron chi connectivity index (χ2n) is 2.49. The lowest BCUT2D eigenvalue weighted by Gasteiger charge is -1.98. The highest BCUT2D eigenvalue weighted by Crippen LogP contribution is 2.34. The van der Waals surface area contributed by atoms with Gasteiger partial charge >= 0.3 is 13.8 Å². The highest BCUT2D eigenvalue weighted by Gasteiger charge is 2.10. The molecule has 11 N–H and O–H groups in total. The Morgan fingerprint density at radius 3 is 1.78 bits per heavy atom. The maximum atomic E-state index is 9.70. The normalized spacial score (nSPS) is 11.2. The topological polar surface area (TPSA) is 226 Å². The molecule has 0 heterocycles. The zero-order valence-electron chi connectivity index (χ0n) is 9.68. The van der Waals surface area contributed by atoms with Crippen LogP contribution in [-0.4, -0.2) is 51.2 Å².